The standard InChI is InChI=1S/C24H19ClFN3O2.H2O/c1-31-19-11-5-15(6-12-19)13-28-14-16-3-2-4-20(26)21(16)22-23(28)24(30)29(27-22)18-9-7-17(25)8-10-18;/h2-12,14,27,30H,13H2,1H3;1H2. The molecule has 2 aliphatic rings. The van der Waals surface area contributed by atoms with Crippen molar-refractivity contribution in [2.75, 3.05) is 12.1 Å². The van der Waals surface area contributed by atoms with Crippen LogP contribution >= 0.6 is 11.6 Å². The lowest BCUT2D eigenvalue weighted by Gasteiger charge is -2.25. The molecule has 8 heteroatoms. The number of ether oxygens (including phenoxy) is 1. The quantitative estimate of drug-likeness (QED) is 0.635. The molecule has 2 aliphatic heterocycles. The molecule has 0 saturated heterocycles. The molecular formula is C24H21ClFN3O3. The van der Waals surface area contributed by atoms with Gasteiger partial charge in [-0.05, 0) is 48.0 Å². The summed E-state index contributed by atoms with van der Waals surface area (Å²) >= 11 is 6.01. The van der Waals surface area contributed by atoms with Gasteiger partial charge in [-0.15, -0.1) is 0 Å². The summed E-state index contributed by atoms with van der Waals surface area (Å²) in [6, 6.07) is 19.7. The number of fused-ring (bicyclic) bond motifs is 2. The van der Waals surface area contributed by atoms with Crippen LogP contribution in [-0.2, 0) is 6.54 Å². The molecule has 5 rings (SSSR count). The molecule has 3 aromatic rings. The number of halogens is 2. The highest BCUT2D eigenvalue weighted by Crippen LogP contribution is 2.33. The highest BCUT2D eigenvalue weighted by Gasteiger charge is 2.34. The molecule has 2 heterocycles. The van der Waals surface area contributed by atoms with Gasteiger partial charge in [0.1, 0.15) is 17.3 Å². The van der Waals surface area contributed by atoms with Crippen LogP contribution in [0, 0.1) is 5.82 Å². The fourth-order valence-electron chi connectivity index (χ4n) is 3.86. The van der Waals surface area contributed by atoms with E-state index in [1.165, 1.54) is 11.1 Å². The zero-order chi connectivity index (χ0) is 21.5. The Bertz CT molecular complexity index is 1310. The summed E-state index contributed by atoms with van der Waals surface area (Å²) in [5.74, 6) is 0.393. The summed E-state index contributed by atoms with van der Waals surface area (Å²) in [6.45, 7) is 0.485. The van der Waals surface area contributed by atoms with Crippen molar-refractivity contribution in [1.82, 2.24) is 10.3 Å². The van der Waals surface area contributed by atoms with E-state index in [2.05, 4.69) is 5.43 Å². The second-order valence-electron chi connectivity index (χ2n) is 7.28. The summed E-state index contributed by atoms with van der Waals surface area (Å²) in [7, 11) is 1.62. The minimum atomic E-state index is -0.358. The summed E-state index contributed by atoms with van der Waals surface area (Å²) in [5.41, 5.74) is 5.88. The van der Waals surface area contributed by atoms with E-state index in [-0.39, 0.29) is 17.2 Å². The Morgan fingerprint density at radius 1 is 1.03 bits per heavy atom. The third-order valence-electron chi connectivity index (χ3n) is 5.36. The molecular weight excluding hydrogens is 433 g/mol. The van der Waals surface area contributed by atoms with Crippen molar-refractivity contribution < 1.29 is 19.7 Å². The first-order chi connectivity index (χ1) is 15.0. The van der Waals surface area contributed by atoms with Crippen molar-refractivity contribution in [2.45, 2.75) is 6.54 Å². The van der Waals surface area contributed by atoms with Crippen LogP contribution < -0.4 is 25.6 Å². The summed E-state index contributed by atoms with van der Waals surface area (Å²) in [5, 5.41) is 14.4. The maximum absolute atomic E-state index is 14.8. The first kappa shape index (κ1) is 21.5. The van der Waals surface area contributed by atoms with E-state index < -0.39 is 0 Å². The van der Waals surface area contributed by atoms with Gasteiger partial charge in [0.25, 0.3) is 0 Å². The van der Waals surface area contributed by atoms with E-state index in [0.29, 0.717) is 33.9 Å². The maximum Gasteiger partial charge on any atom is 0.237 e. The first-order valence-corrected chi connectivity index (χ1v) is 10.1. The summed E-state index contributed by atoms with van der Waals surface area (Å²) in [4.78, 5) is 1.91. The second-order valence-corrected chi connectivity index (χ2v) is 7.72. The summed E-state index contributed by atoms with van der Waals surface area (Å²) < 4.78 is 20.0. The van der Waals surface area contributed by atoms with Gasteiger partial charge in [0.15, 0.2) is 0 Å². The van der Waals surface area contributed by atoms with Gasteiger partial charge < -0.3 is 20.2 Å². The average molecular weight is 454 g/mol. The van der Waals surface area contributed by atoms with Gasteiger partial charge >= 0.3 is 0 Å². The largest absolute Gasteiger partial charge is 0.497 e. The third kappa shape index (κ3) is 3.62. The van der Waals surface area contributed by atoms with Crippen LogP contribution in [0.15, 0.2) is 78.3 Å². The van der Waals surface area contributed by atoms with Crippen LogP contribution in [0.2, 0.25) is 5.02 Å². The van der Waals surface area contributed by atoms with Crippen molar-refractivity contribution in [3.8, 4) is 5.75 Å². The molecule has 164 valence electrons. The number of nitrogens with zero attached hydrogens (tertiary/aromatic N) is 2. The molecule has 0 fully saturated rings. The lowest BCUT2D eigenvalue weighted by atomic mass is 10.1. The third-order valence-corrected chi connectivity index (χ3v) is 5.61. The van der Waals surface area contributed by atoms with Crippen molar-refractivity contribution in [3.63, 3.8) is 0 Å². The number of aliphatic hydroxyl groups excluding tert-OH is 1. The molecule has 0 aliphatic carbocycles. The lowest BCUT2D eigenvalue weighted by molar-refractivity contribution is 0.367. The van der Waals surface area contributed by atoms with Crippen LogP contribution in [0.4, 0.5) is 10.1 Å². The Morgan fingerprint density at radius 2 is 1.75 bits per heavy atom. The van der Waals surface area contributed by atoms with Gasteiger partial charge in [-0.25, -0.2) is 9.40 Å². The smallest absolute Gasteiger partial charge is 0.237 e. The Morgan fingerprint density at radius 3 is 2.44 bits per heavy atom. The van der Waals surface area contributed by atoms with Gasteiger partial charge in [0.05, 0.1) is 18.5 Å². The number of hydrogen-bond donors (Lipinski definition) is 2. The Hall–Kier alpha value is -3.68. The lowest BCUT2D eigenvalue weighted by Crippen LogP contribution is -2.42. The minimum absolute atomic E-state index is 0. The van der Waals surface area contributed by atoms with Crippen LogP contribution in [0.5, 0.6) is 5.75 Å². The van der Waals surface area contributed by atoms with Crippen molar-refractivity contribution in [2.24, 2.45) is 0 Å². The maximum atomic E-state index is 14.8. The van der Waals surface area contributed by atoms with Crippen LogP contribution in [-0.4, -0.2) is 22.6 Å². The molecule has 0 aromatic heterocycles. The van der Waals surface area contributed by atoms with Gasteiger partial charge in [-0.1, -0.05) is 35.9 Å². The van der Waals surface area contributed by atoms with Gasteiger partial charge in [-0.3, -0.25) is 5.43 Å². The van der Waals surface area contributed by atoms with E-state index in [4.69, 9.17) is 16.3 Å². The predicted octanol–water partition coefficient (Wildman–Crippen LogP) is 2.78. The first-order valence-electron chi connectivity index (χ1n) is 9.71. The van der Waals surface area contributed by atoms with Gasteiger partial charge in [-0.2, -0.15) is 0 Å². The molecule has 4 N–H and O–H groups in total. The van der Waals surface area contributed by atoms with Gasteiger partial charge in [0.2, 0.25) is 5.88 Å². The van der Waals surface area contributed by atoms with Crippen molar-refractivity contribution in [3.05, 3.63) is 105 Å². The number of methoxy groups -OCH3 is 1. The van der Waals surface area contributed by atoms with E-state index in [1.807, 2.05) is 41.4 Å². The van der Waals surface area contributed by atoms with Crippen LogP contribution in [0.3, 0.4) is 0 Å². The van der Waals surface area contributed by atoms with Crippen molar-refractivity contribution >= 4 is 29.2 Å². The molecule has 6 nitrogen and oxygen atoms in total. The minimum Gasteiger partial charge on any atom is -0.497 e. The van der Waals surface area contributed by atoms with E-state index in [0.717, 1.165) is 16.5 Å². The number of benzene rings is 3. The predicted molar refractivity (Wildman–Crippen MR) is 122 cm³/mol. The van der Waals surface area contributed by atoms with E-state index in [1.54, 1.807) is 37.4 Å². The molecule has 0 spiro atoms. The highest BCUT2D eigenvalue weighted by molar-refractivity contribution is 6.30. The molecule has 0 atom stereocenters. The zero-order valence-electron chi connectivity index (χ0n) is 17.1. The topological polar surface area (TPSA) is 79.5 Å². The molecule has 0 bridgehead atoms. The Labute approximate surface area is 189 Å². The average Bonchev–Trinajstić information content (AvgIpc) is 3.12. The highest BCUT2D eigenvalue weighted by atomic mass is 35.5. The monoisotopic (exact) mass is 453 g/mol. The van der Waals surface area contributed by atoms with E-state index in [9.17, 15) is 9.50 Å². The number of hydrazine groups is 1. The number of rotatable bonds is 4. The van der Waals surface area contributed by atoms with Gasteiger partial charge in [0, 0.05) is 28.2 Å². The Balaban J connectivity index is 0.00000245. The summed E-state index contributed by atoms with van der Waals surface area (Å²) in [6.07, 6.45) is 1.85. The SMILES string of the molecule is COc1ccc(CN2C=c3cccc(F)c3=C3NN(c4ccc(Cl)cc4)C(O)=C32)cc1.O. The molecule has 32 heavy (non-hydrogen) atoms. The van der Waals surface area contributed by atoms with Crippen LogP contribution in [0.1, 0.15) is 5.56 Å². The number of hydrogen-bond acceptors (Lipinski definition) is 5. The second kappa shape index (κ2) is 8.45. The Kier molecular flexibility index (Phi) is 5.69. The fraction of sp³-hybridized carbons (Fsp3) is 0.0833. The molecule has 0 amide bonds. The molecule has 3 aromatic carbocycles. The van der Waals surface area contributed by atoms with E-state index >= 15 is 0 Å². The number of anilines is 1. The molecule has 0 radical (unpaired) electrons. The van der Waals surface area contributed by atoms with Crippen molar-refractivity contribution in [1.29, 1.82) is 0 Å². The number of nitrogens with one attached hydrogen (secondary N) is 1. The molecule has 0 saturated carbocycles. The molecule has 0 unspecified atom stereocenters. The number of aliphatic hydroxyl groups is 1. The fourth-order valence-corrected chi connectivity index (χ4v) is 3.98. The zero-order valence-corrected chi connectivity index (χ0v) is 17.9. The van der Waals surface area contributed by atoms with Crippen LogP contribution in [0.25, 0.3) is 11.9 Å². The normalized spacial score (nSPS) is 14.3.